The van der Waals surface area contributed by atoms with Crippen LogP contribution in [0.1, 0.15) is 12.8 Å². The van der Waals surface area contributed by atoms with Crippen molar-refractivity contribution < 1.29 is 4.74 Å². The number of benzene rings is 1. The molecule has 4 heteroatoms. The zero-order valence-corrected chi connectivity index (χ0v) is 10.7. The Bertz CT molecular complexity index is 629. The molecule has 3 aliphatic rings. The first kappa shape index (κ1) is 11.1. The van der Waals surface area contributed by atoms with Gasteiger partial charge >= 0.3 is 0 Å². The fraction of sp³-hybridized carbons (Fsp3) is 0.400. The molecule has 5 rings (SSSR count). The van der Waals surface area contributed by atoms with E-state index in [2.05, 4.69) is 16.4 Å². The molecule has 98 valence electrons. The van der Waals surface area contributed by atoms with Crippen LogP contribution < -0.4 is 11.1 Å². The molecule has 3 heterocycles. The third-order valence-electron chi connectivity index (χ3n) is 4.44. The van der Waals surface area contributed by atoms with E-state index in [0.717, 1.165) is 29.6 Å². The zero-order chi connectivity index (χ0) is 12.9. The molecule has 2 saturated heterocycles. The van der Waals surface area contributed by atoms with E-state index in [4.69, 9.17) is 10.5 Å². The highest BCUT2D eigenvalue weighted by Gasteiger charge is 2.51. The monoisotopic (exact) mass is 255 g/mol. The van der Waals surface area contributed by atoms with Gasteiger partial charge in [0, 0.05) is 34.6 Å². The lowest BCUT2D eigenvalue weighted by molar-refractivity contribution is 0.114. The van der Waals surface area contributed by atoms with E-state index in [1.54, 1.807) is 6.20 Å². The van der Waals surface area contributed by atoms with E-state index in [-0.39, 0.29) is 0 Å². The molecule has 4 nitrogen and oxygen atoms in total. The lowest BCUT2D eigenvalue weighted by atomic mass is 9.70. The van der Waals surface area contributed by atoms with Crippen LogP contribution >= 0.6 is 0 Å². The number of aromatic nitrogens is 1. The van der Waals surface area contributed by atoms with Gasteiger partial charge in [0.15, 0.2) is 0 Å². The molecule has 0 radical (unpaired) electrons. The van der Waals surface area contributed by atoms with Gasteiger partial charge in [-0.3, -0.25) is 0 Å². The normalized spacial score (nSPS) is 28.3. The summed E-state index contributed by atoms with van der Waals surface area (Å²) in [6.45, 7) is 1.88. The molecule has 0 amide bonds. The Hall–Kier alpha value is -1.81. The Balaban J connectivity index is 1.62. The molecule has 2 bridgehead atoms. The minimum atomic E-state index is 0.366. The van der Waals surface area contributed by atoms with Crippen LogP contribution in [0.2, 0.25) is 0 Å². The average molecular weight is 255 g/mol. The number of nitrogens with one attached hydrogen (secondary N) is 1. The predicted octanol–water partition coefficient (Wildman–Crippen LogP) is 2.41. The molecule has 1 aliphatic carbocycles. The van der Waals surface area contributed by atoms with Crippen molar-refractivity contribution in [2.45, 2.75) is 18.9 Å². The first-order valence-electron chi connectivity index (χ1n) is 6.75. The van der Waals surface area contributed by atoms with E-state index >= 15 is 0 Å². The van der Waals surface area contributed by atoms with Crippen molar-refractivity contribution in [3.05, 3.63) is 30.5 Å². The fourth-order valence-corrected chi connectivity index (χ4v) is 3.30. The summed E-state index contributed by atoms with van der Waals surface area (Å²) in [5.41, 5.74) is 7.42. The minimum Gasteiger partial charge on any atom is -0.384 e. The van der Waals surface area contributed by atoms with Crippen LogP contribution in [0, 0.1) is 5.41 Å². The van der Waals surface area contributed by atoms with Gasteiger partial charge in [-0.2, -0.15) is 0 Å². The van der Waals surface area contributed by atoms with Crippen molar-refractivity contribution in [2.24, 2.45) is 5.41 Å². The standard InChI is InChI=1S/C15H17N3O/c16-14-12-2-1-3-13(11(12)4-5-17-14)18-8-15-6-10(7-15)19-9-15/h1-5,10,18H,6-9H2,(H2,16,17). The highest BCUT2D eigenvalue weighted by molar-refractivity contribution is 5.99. The molecular weight excluding hydrogens is 238 g/mol. The number of hydrogen-bond acceptors (Lipinski definition) is 4. The second-order valence-corrected chi connectivity index (χ2v) is 5.79. The van der Waals surface area contributed by atoms with E-state index in [9.17, 15) is 0 Å². The Morgan fingerprint density at radius 1 is 1.32 bits per heavy atom. The van der Waals surface area contributed by atoms with Gasteiger partial charge in [-0.05, 0) is 25.0 Å². The maximum atomic E-state index is 5.92. The third kappa shape index (κ3) is 1.67. The van der Waals surface area contributed by atoms with E-state index in [1.807, 2.05) is 18.2 Å². The van der Waals surface area contributed by atoms with E-state index < -0.39 is 0 Å². The molecular formula is C15H17N3O. The Morgan fingerprint density at radius 3 is 3.00 bits per heavy atom. The molecule has 1 aromatic carbocycles. The van der Waals surface area contributed by atoms with Gasteiger partial charge < -0.3 is 15.8 Å². The molecule has 2 aromatic rings. The number of rotatable bonds is 3. The summed E-state index contributed by atoms with van der Waals surface area (Å²) < 4.78 is 5.66. The fourth-order valence-electron chi connectivity index (χ4n) is 3.30. The lowest BCUT2D eigenvalue weighted by Crippen LogP contribution is -2.38. The van der Waals surface area contributed by atoms with Gasteiger partial charge in [0.1, 0.15) is 5.82 Å². The van der Waals surface area contributed by atoms with E-state index in [0.29, 0.717) is 17.3 Å². The Kier molecular flexibility index (Phi) is 2.23. The second-order valence-electron chi connectivity index (χ2n) is 5.79. The number of nitrogens with zero attached hydrogens (tertiary/aromatic N) is 1. The minimum absolute atomic E-state index is 0.366. The molecule has 0 spiro atoms. The summed E-state index contributed by atoms with van der Waals surface area (Å²) in [5, 5.41) is 5.72. The highest BCUT2D eigenvalue weighted by Crippen LogP contribution is 2.50. The summed E-state index contributed by atoms with van der Waals surface area (Å²) in [7, 11) is 0. The van der Waals surface area contributed by atoms with Gasteiger partial charge in [-0.25, -0.2) is 4.98 Å². The summed E-state index contributed by atoms with van der Waals surface area (Å²) in [4.78, 5) is 4.14. The largest absolute Gasteiger partial charge is 0.384 e. The van der Waals surface area contributed by atoms with Gasteiger partial charge in [-0.15, -0.1) is 0 Å². The lowest BCUT2D eigenvalue weighted by Gasteiger charge is -2.35. The topological polar surface area (TPSA) is 60.2 Å². The SMILES string of the molecule is Nc1nccc2c(NCC34COC(C3)C4)cccc12. The second kappa shape index (κ2) is 3.84. The number of nitrogen functional groups attached to an aromatic ring is 1. The van der Waals surface area contributed by atoms with Crippen molar-refractivity contribution >= 4 is 22.3 Å². The summed E-state index contributed by atoms with van der Waals surface area (Å²) >= 11 is 0. The van der Waals surface area contributed by atoms with Crippen LogP contribution in [-0.4, -0.2) is 24.2 Å². The number of ether oxygens (including phenoxy) is 1. The average Bonchev–Trinajstić information content (AvgIpc) is 2.97. The van der Waals surface area contributed by atoms with Crippen molar-refractivity contribution in [3.8, 4) is 0 Å². The number of pyridine rings is 1. The smallest absolute Gasteiger partial charge is 0.131 e. The highest BCUT2D eigenvalue weighted by atomic mass is 16.5. The van der Waals surface area contributed by atoms with Crippen LogP contribution in [0.25, 0.3) is 10.8 Å². The molecule has 0 unspecified atom stereocenters. The molecule has 0 atom stereocenters. The molecule has 3 fully saturated rings. The summed E-state index contributed by atoms with van der Waals surface area (Å²) in [6.07, 6.45) is 4.69. The van der Waals surface area contributed by atoms with Crippen LogP contribution in [0.5, 0.6) is 0 Å². The molecule has 2 aliphatic heterocycles. The van der Waals surface area contributed by atoms with Crippen LogP contribution in [0.3, 0.4) is 0 Å². The maximum absolute atomic E-state index is 5.92. The van der Waals surface area contributed by atoms with Gasteiger partial charge in [0.2, 0.25) is 0 Å². The maximum Gasteiger partial charge on any atom is 0.131 e. The summed E-state index contributed by atoms with van der Waals surface area (Å²) in [6, 6.07) is 8.15. The first-order chi connectivity index (χ1) is 9.26. The molecule has 1 saturated carbocycles. The van der Waals surface area contributed by atoms with Gasteiger partial charge in [0.05, 0.1) is 12.7 Å². The number of hydrogen-bond donors (Lipinski definition) is 2. The van der Waals surface area contributed by atoms with Crippen molar-refractivity contribution in [1.29, 1.82) is 0 Å². The molecule has 19 heavy (non-hydrogen) atoms. The zero-order valence-electron chi connectivity index (χ0n) is 10.7. The van der Waals surface area contributed by atoms with Crippen LogP contribution in [0.4, 0.5) is 11.5 Å². The summed E-state index contributed by atoms with van der Waals surface area (Å²) in [5.74, 6) is 0.590. The van der Waals surface area contributed by atoms with Crippen molar-refractivity contribution in [2.75, 3.05) is 24.2 Å². The number of nitrogens with two attached hydrogens (primary N) is 1. The van der Waals surface area contributed by atoms with Crippen molar-refractivity contribution in [1.82, 2.24) is 4.98 Å². The number of fused-ring (bicyclic) bond motifs is 2. The third-order valence-corrected chi connectivity index (χ3v) is 4.44. The van der Waals surface area contributed by atoms with Crippen LogP contribution in [0.15, 0.2) is 30.5 Å². The molecule has 3 N–H and O–H groups in total. The van der Waals surface area contributed by atoms with E-state index in [1.165, 1.54) is 12.8 Å². The van der Waals surface area contributed by atoms with Gasteiger partial charge in [-0.1, -0.05) is 12.1 Å². The van der Waals surface area contributed by atoms with Crippen molar-refractivity contribution in [3.63, 3.8) is 0 Å². The Labute approximate surface area is 112 Å². The first-order valence-corrected chi connectivity index (χ1v) is 6.75. The number of anilines is 2. The van der Waals surface area contributed by atoms with Crippen LogP contribution in [-0.2, 0) is 4.74 Å². The molecule has 1 aromatic heterocycles. The predicted molar refractivity (Wildman–Crippen MR) is 76.1 cm³/mol. The Morgan fingerprint density at radius 2 is 2.21 bits per heavy atom. The quantitative estimate of drug-likeness (QED) is 0.884. The van der Waals surface area contributed by atoms with Gasteiger partial charge in [0.25, 0.3) is 0 Å².